The fourth-order valence-electron chi connectivity index (χ4n) is 2.37. The molecule has 0 atom stereocenters. The Hall–Kier alpha value is 0.383. The SMILES string of the molecule is CC1=[C-]C(C)(C)C(C)=C1C.CN(C)CCC1=[C-]CC=C1.[Cl-].[Cl-].[Zr+4]. The molecule has 0 aromatic carbocycles. The van der Waals surface area contributed by atoms with Gasteiger partial charge in [-0.25, -0.2) is 17.2 Å². The smallest absolute Gasteiger partial charge is 1.00 e. The molecule has 0 amide bonds. The zero-order valence-electron chi connectivity index (χ0n) is 15.5. The Balaban J connectivity index is -0.000000308. The first-order chi connectivity index (χ1) is 9.24. The van der Waals surface area contributed by atoms with E-state index in [2.05, 4.69) is 77.9 Å². The minimum atomic E-state index is 0. The zero-order chi connectivity index (χ0) is 15.3. The van der Waals surface area contributed by atoms with Gasteiger partial charge in [0.25, 0.3) is 0 Å². The maximum absolute atomic E-state index is 3.44. The van der Waals surface area contributed by atoms with Gasteiger partial charge in [0, 0.05) is 0 Å². The molecule has 4 heteroatoms. The number of hydrogen-bond acceptors (Lipinski definition) is 1. The molecule has 0 unspecified atom stereocenters. The van der Waals surface area contributed by atoms with Crippen molar-refractivity contribution >= 4 is 0 Å². The van der Waals surface area contributed by atoms with Crippen LogP contribution in [0.25, 0.3) is 0 Å². The van der Waals surface area contributed by atoms with Gasteiger partial charge in [-0.1, -0.05) is 33.1 Å². The first kappa shape index (κ1) is 28.2. The average Bonchev–Trinajstić information content (AvgIpc) is 2.92. The van der Waals surface area contributed by atoms with Gasteiger partial charge in [0.2, 0.25) is 0 Å². The van der Waals surface area contributed by atoms with Crippen LogP contribution in [0.3, 0.4) is 0 Å². The van der Waals surface area contributed by atoms with Gasteiger partial charge >= 0.3 is 26.2 Å². The molecular formula is C19H29Cl2NZr. The van der Waals surface area contributed by atoms with Crippen LogP contribution < -0.4 is 24.8 Å². The van der Waals surface area contributed by atoms with Crippen molar-refractivity contribution < 1.29 is 51.0 Å². The van der Waals surface area contributed by atoms with E-state index in [0.717, 1.165) is 19.4 Å². The van der Waals surface area contributed by atoms with Gasteiger partial charge in [-0.2, -0.15) is 17.2 Å². The van der Waals surface area contributed by atoms with Gasteiger partial charge in [-0.15, -0.1) is 13.3 Å². The van der Waals surface area contributed by atoms with E-state index in [1.54, 1.807) is 0 Å². The molecule has 23 heavy (non-hydrogen) atoms. The quantitative estimate of drug-likeness (QED) is 0.503. The van der Waals surface area contributed by atoms with E-state index in [1.165, 1.54) is 22.3 Å². The predicted octanol–water partition coefficient (Wildman–Crippen LogP) is -1.25. The summed E-state index contributed by atoms with van der Waals surface area (Å²) in [6.45, 7) is 12.1. The van der Waals surface area contributed by atoms with Crippen molar-refractivity contribution in [2.45, 2.75) is 47.5 Å². The minimum absolute atomic E-state index is 0. The number of hydrogen-bond donors (Lipinski definition) is 0. The molecule has 2 rings (SSSR count). The molecule has 0 fully saturated rings. The molecule has 0 spiro atoms. The van der Waals surface area contributed by atoms with Gasteiger partial charge in [0.05, 0.1) is 0 Å². The van der Waals surface area contributed by atoms with Crippen LogP contribution in [0.2, 0.25) is 0 Å². The minimum Gasteiger partial charge on any atom is -1.00 e. The van der Waals surface area contributed by atoms with Gasteiger partial charge in [0.15, 0.2) is 0 Å². The molecule has 1 nitrogen and oxygen atoms in total. The van der Waals surface area contributed by atoms with E-state index in [9.17, 15) is 0 Å². The normalized spacial score (nSPS) is 17.4. The van der Waals surface area contributed by atoms with E-state index in [1.807, 2.05) is 0 Å². The second-order valence-electron chi connectivity index (χ2n) is 6.49. The number of allylic oxidation sites excluding steroid dienone is 7. The van der Waals surface area contributed by atoms with Crippen molar-refractivity contribution in [1.29, 1.82) is 0 Å². The molecule has 0 aliphatic heterocycles. The van der Waals surface area contributed by atoms with Crippen LogP contribution >= 0.6 is 0 Å². The summed E-state index contributed by atoms with van der Waals surface area (Å²) in [4.78, 5) is 2.20. The number of nitrogens with zero attached hydrogens (tertiary/aromatic N) is 1. The van der Waals surface area contributed by atoms with E-state index in [4.69, 9.17) is 0 Å². The number of halogens is 2. The molecule has 0 N–H and O–H groups in total. The molecule has 2 aliphatic rings. The second-order valence-corrected chi connectivity index (χ2v) is 6.49. The fourth-order valence-corrected chi connectivity index (χ4v) is 2.37. The standard InChI is InChI=1S/C10H15.C9H14N.2ClH.Zr/c1-7-6-10(4,5)9(3)8(7)2;1-10(2)8-7-9-5-3-4-6-9;;;/h1-5H3;3,5H,4,7-8H2,1-2H3;2*1H;/q2*-1;;;+4/p-2. The Morgan fingerprint density at radius 1 is 1.13 bits per heavy atom. The van der Waals surface area contributed by atoms with E-state index in [-0.39, 0.29) is 56.4 Å². The monoisotopic (exact) mass is 431 g/mol. The summed E-state index contributed by atoms with van der Waals surface area (Å²) in [5, 5.41) is 0. The van der Waals surface area contributed by atoms with Crippen LogP contribution in [0.1, 0.15) is 47.5 Å². The molecular weight excluding hydrogens is 404 g/mol. The van der Waals surface area contributed by atoms with Crippen molar-refractivity contribution in [2.24, 2.45) is 5.41 Å². The summed E-state index contributed by atoms with van der Waals surface area (Å²) < 4.78 is 0. The molecule has 0 saturated carbocycles. The molecule has 0 bridgehead atoms. The summed E-state index contributed by atoms with van der Waals surface area (Å²) in [5.41, 5.74) is 5.76. The average molecular weight is 434 g/mol. The Labute approximate surface area is 175 Å². The molecule has 0 heterocycles. The molecule has 0 aromatic rings. The number of rotatable bonds is 3. The third-order valence-electron chi connectivity index (χ3n) is 4.16. The zero-order valence-corrected chi connectivity index (χ0v) is 19.4. The second kappa shape index (κ2) is 12.7. The van der Waals surface area contributed by atoms with E-state index < -0.39 is 0 Å². The van der Waals surface area contributed by atoms with Gasteiger partial charge < -0.3 is 29.7 Å². The maximum atomic E-state index is 3.44. The van der Waals surface area contributed by atoms with Crippen LogP contribution in [0.4, 0.5) is 0 Å². The summed E-state index contributed by atoms with van der Waals surface area (Å²) in [7, 11) is 4.19. The predicted molar refractivity (Wildman–Crippen MR) is 88.3 cm³/mol. The Morgan fingerprint density at radius 2 is 1.70 bits per heavy atom. The Morgan fingerprint density at radius 3 is 1.96 bits per heavy atom. The first-order valence-electron chi connectivity index (χ1n) is 7.45. The fraction of sp³-hybridized carbons (Fsp3) is 0.579. The van der Waals surface area contributed by atoms with Crippen molar-refractivity contribution in [1.82, 2.24) is 4.90 Å². The van der Waals surface area contributed by atoms with Crippen LogP contribution in [0.5, 0.6) is 0 Å². The summed E-state index contributed by atoms with van der Waals surface area (Å²) in [6, 6.07) is 0. The first-order valence-corrected chi connectivity index (χ1v) is 7.45. The van der Waals surface area contributed by atoms with E-state index >= 15 is 0 Å². The van der Waals surface area contributed by atoms with Crippen LogP contribution in [-0.4, -0.2) is 25.5 Å². The Bertz CT molecular complexity index is 472. The Kier molecular flexibility index (Phi) is 15.6. The summed E-state index contributed by atoms with van der Waals surface area (Å²) in [6.07, 6.45) is 13.2. The molecule has 0 radical (unpaired) electrons. The van der Waals surface area contributed by atoms with Crippen LogP contribution in [0, 0.1) is 17.6 Å². The maximum Gasteiger partial charge on any atom is 4.00 e. The van der Waals surface area contributed by atoms with E-state index in [0.29, 0.717) is 0 Å². The van der Waals surface area contributed by atoms with Crippen molar-refractivity contribution in [2.75, 3.05) is 20.6 Å². The van der Waals surface area contributed by atoms with Gasteiger partial charge in [0.1, 0.15) is 0 Å². The van der Waals surface area contributed by atoms with Crippen molar-refractivity contribution in [3.05, 3.63) is 46.6 Å². The molecule has 0 saturated heterocycles. The molecule has 128 valence electrons. The third kappa shape index (κ3) is 9.44. The van der Waals surface area contributed by atoms with Crippen LogP contribution in [-0.2, 0) is 26.2 Å². The topological polar surface area (TPSA) is 3.24 Å². The van der Waals surface area contributed by atoms with Crippen LogP contribution in [0.15, 0.2) is 34.4 Å². The van der Waals surface area contributed by atoms with Gasteiger partial charge in [-0.3, -0.25) is 12.2 Å². The van der Waals surface area contributed by atoms with Gasteiger partial charge in [-0.05, 0) is 27.1 Å². The third-order valence-corrected chi connectivity index (χ3v) is 4.16. The summed E-state index contributed by atoms with van der Waals surface area (Å²) >= 11 is 0. The molecule has 2 aliphatic carbocycles. The molecule has 0 aromatic heterocycles. The largest absolute Gasteiger partial charge is 4.00 e. The van der Waals surface area contributed by atoms with Crippen molar-refractivity contribution in [3.8, 4) is 0 Å². The summed E-state index contributed by atoms with van der Waals surface area (Å²) in [5.74, 6) is 0. The van der Waals surface area contributed by atoms with Crippen molar-refractivity contribution in [3.63, 3.8) is 0 Å².